The lowest BCUT2D eigenvalue weighted by Gasteiger charge is -2.38. The predicted octanol–water partition coefficient (Wildman–Crippen LogP) is 0.449. The molecular weight excluding hydrogens is 310 g/mol. The van der Waals surface area contributed by atoms with E-state index in [2.05, 4.69) is 20.5 Å². The molecule has 1 fully saturated rings. The zero-order chi connectivity index (χ0) is 17.2. The van der Waals surface area contributed by atoms with Crippen LogP contribution in [0.25, 0.3) is 11.3 Å². The van der Waals surface area contributed by atoms with Crippen LogP contribution in [0.2, 0.25) is 0 Å². The summed E-state index contributed by atoms with van der Waals surface area (Å²) < 4.78 is 5.57. The number of nitrogens with zero attached hydrogens (tertiary/aromatic N) is 3. The normalized spacial score (nSPS) is 20.7. The fourth-order valence-electron chi connectivity index (χ4n) is 2.71. The van der Waals surface area contributed by atoms with E-state index in [0.717, 1.165) is 5.56 Å². The van der Waals surface area contributed by atoms with Crippen molar-refractivity contribution in [2.75, 3.05) is 26.7 Å². The van der Waals surface area contributed by atoms with Crippen molar-refractivity contribution in [1.29, 1.82) is 0 Å². The SMILES string of the molecule is CNC(=O)[C@@]1(C)CN(C(=O)c2cc(-c3cccnc3)n[nH]2)CCO1. The molecule has 0 radical (unpaired) electrons. The average molecular weight is 329 g/mol. The van der Waals surface area contributed by atoms with Gasteiger partial charge in [-0.05, 0) is 25.1 Å². The number of morpholine rings is 1. The van der Waals surface area contributed by atoms with E-state index in [1.54, 1.807) is 37.3 Å². The molecule has 3 heterocycles. The second-order valence-corrected chi connectivity index (χ2v) is 5.79. The fourth-order valence-corrected chi connectivity index (χ4v) is 2.71. The minimum Gasteiger partial charge on any atom is -0.362 e. The van der Waals surface area contributed by atoms with Gasteiger partial charge in [0.15, 0.2) is 5.60 Å². The van der Waals surface area contributed by atoms with Gasteiger partial charge in [0, 0.05) is 31.5 Å². The number of rotatable bonds is 3. The minimum atomic E-state index is -1.05. The third kappa shape index (κ3) is 3.00. The van der Waals surface area contributed by atoms with Crippen molar-refractivity contribution in [2.45, 2.75) is 12.5 Å². The summed E-state index contributed by atoms with van der Waals surface area (Å²) in [6.45, 7) is 2.60. The number of hydrogen-bond acceptors (Lipinski definition) is 5. The number of pyridine rings is 1. The number of hydrogen-bond donors (Lipinski definition) is 2. The van der Waals surface area contributed by atoms with Gasteiger partial charge >= 0.3 is 0 Å². The van der Waals surface area contributed by atoms with Crippen molar-refractivity contribution in [1.82, 2.24) is 25.4 Å². The summed E-state index contributed by atoms with van der Waals surface area (Å²) in [6, 6.07) is 5.36. The number of ether oxygens (including phenoxy) is 1. The molecule has 126 valence electrons. The predicted molar refractivity (Wildman–Crippen MR) is 86.1 cm³/mol. The highest BCUT2D eigenvalue weighted by Crippen LogP contribution is 2.21. The smallest absolute Gasteiger partial charge is 0.272 e. The molecule has 2 amide bonds. The van der Waals surface area contributed by atoms with Crippen LogP contribution in [0.4, 0.5) is 0 Å². The Morgan fingerprint density at radius 1 is 1.46 bits per heavy atom. The van der Waals surface area contributed by atoms with Crippen molar-refractivity contribution in [3.05, 3.63) is 36.3 Å². The van der Waals surface area contributed by atoms with Crippen LogP contribution in [-0.4, -0.2) is 64.2 Å². The molecule has 8 nitrogen and oxygen atoms in total. The molecule has 2 aromatic rings. The third-order valence-electron chi connectivity index (χ3n) is 4.03. The maximum absolute atomic E-state index is 12.7. The molecule has 0 unspecified atom stereocenters. The average Bonchev–Trinajstić information content (AvgIpc) is 3.11. The largest absolute Gasteiger partial charge is 0.362 e. The van der Waals surface area contributed by atoms with E-state index in [9.17, 15) is 9.59 Å². The molecule has 0 spiro atoms. The van der Waals surface area contributed by atoms with Gasteiger partial charge in [-0.15, -0.1) is 0 Å². The van der Waals surface area contributed by atoms with Gasteiger partial charge in [0.1, 0.15) is 5.69 Å². The quantitative estimate of drug-likeness (QED) is 0.851. The van der Waals surface area contributed by atoms with Crippen LogP contribution >= 0.6 is 0 Å². The Bertz CT molecular complexity index is 745. The molecule has 1 aliphatic rings. The van der Waals surface area contributed by atoms with Crippen LogP contribution in [-0.2, 0) is 9.53 Å². The molecular formula is C16H19N5O3. The van der Waals surface area contributed by atoms with Gasteiger partial charge in [-0.1, -0.05) is 0 Å². The summed E-state index contributed by atoms with van der Waals surface area (Å²) in [5.74, 6) is -0.461. The molecule has 1 aliphatic heterocycles. The monoisotopic (exact) mass is 329 g/mol. The first kappa shape index (κ1) is 16.1. The van der Waals surface area contributed by atoms with Crippen LogP contribution in [0.5, 0.6) is 0 Å². The summed E-state index contributed by atoms with van der Waals surface area (Å²) in [7, 11) is 1.55. The van der Waals surface area contributed by atoms with Crippen molar-refractivity contribution in [2.24, 2.45) is 0 Å². The molecule has 2 aromatic heterocycles. The summed E-state index contributed by atoms with van der Waals surface area (Å²) in [5, 5.41) is 9.50. The zero-order valence-electron chi connectivity index (χ0n) is 13.6. The van der Waals surface area contributed by atoms with E-state index in [1.807, 2.05) is 12.1 Å². The van der Waals surface area contributed by atoms with Gasteiger partial charge in [-0.2, -0.15) is 5.10 Å². The van der Waals surface area contributed by atoms with Crippen molar-refractivity contribution >= 4 is 11.8 Å². The highest BCUT2D eigenvalue weighted by atomic mass is 16.5. The Morgan fingerprint density at radius 3 is 3.00 bits per heavy atom. The van der Waals surface area contributed by atoms with E-state index in [-0.39, 0.29) is 18.4 Å². The molecule has 1 atom stereocenters. The number of likely N-dealkylation sites (N-methyl/N-ethyl adjacent to an activating group) is 1. The Morgan fingerprint density at radius 2 is 2.29 bits per heavy atom. The van der Waals surface area contributed by atoms with Gasteiger partial charge in [-0.25, -0.2) is 0 Å². The van der Waals surface area contributed by atoms with E-state index in [1.165, 1.54) is 0 Å². The van der Waals surface area contributed by atoms with Gasteiger partial charge in [0.25, 0.3) is 11.8 Å². The molecule has 0 saturated carbocycles. The number of H-pyrrole nitrogens is 1. The molecule has 1 saturated heterocycles. The number of aromatic amines is 1. The molecule has 3 rings (SSSR count). The number of amides is 2. The van der Waals surface area contributed by atoms with Crippen LogP contribution in [0.1, 0.15) is 17.4 Å². The summed E-state index contributed by atoms with van der Waals surface area (Å²) in [5.41, 5.74) is 0.795. The van der Waals surface area contributed by atoms with Crippen LogP contribution in [0.15, 0.2) is 30.6 Å². The van der Waals surface area contributed by atoms with Crippen LogP contribution < -0.4 is 5.32 Å². The third-order valence-corrected chi connectivity index (χ3v) is 4.03. The molecule has 2 N–H and O–H groups in total. The molecule has 0 aromatic carbocycles. The Hall–Kier alpha value is -2.74. The number of carbonyl (C=O) groups excluding carboxylic acids is 2. The lowest BCUT2D eigenvalue weighted by Crippen LogP contribution is -2.58. The first-order chi connectivity index (χ1) is 11.5. The Balaban J connectivity index is 1.77. The topological polar surface area (TPSA) is 100 Å². The van der Waals surface area contributed by atoms with Crippen molar-refractivity contribution < 1.29 is 14.3 Å². The van der Waals surface area contributed by atoms with Gasteiger partial charge in [0.05, 0.1) is 18.8 Å². The standard InChI is InChI=1S/C16H19N5O3/c1-16(15(23)17-2)10-21(6-7-24-16)14(22)13-8-12(19-20-13)11-4-3-5-18-9-11/h3-5,8-9H,6-7,10H2,1-2H3,(H,17,23)(H,19,20)/t16-/m1/s1. The maximum Gasteiger partial charge on any atom is 0.272 e. The van der Waals surface area contributed by atoms with Crippen molar-refractivity contribution in [3.8, 4) is 11.3 Å². The second kappa shape index (κ2) is 6.40. The highest BCUT2D eigenvalue weighted by Gasteiger charge is 2.40. The van der Waals surface area contributed by atoms with Crippen molar-refractivity contribution in [3.63, 3.8) is 0 Å². The highest BCUT2D eigenvalue weighted by molar-refractivity contribution is 5.94. The van der Waals surface area contributed by atoms with Crippen LogP contribution in [0.3, 0.4) is 0 Å². The lowest BCUT2D eigenvalue weighted by atomic mass is 10.0. The van der Waals surface area contributed by atoms with E-state index < -0.39 is 5.60 Å². The van der Waals surface area contributed by atoms with Crippen LogP contribution in [0, 0.1) is 0 Å². The fraction of sp³-hybridized carbons (Fsp3) is 0.375. The lowest BCUT2D eigenvalue weighted by molar-refractivity contribution is -0.153. The van der Waals surface area contributed by atoms with Gasteiger partial charge < -0.3 is 15.0 Å². The van der Waals surface area contributed by atoms with E-state index in [0.29, 0.717) is 24.5 Å². The van der Waals surface area contributed by atoms with Gasteiger partial charge in [0.2, 0.25) is 0 Å². The van der Waals surface area contributed by atoms with E-state index in [4.69, 9.17) is 4.74 Å². The van der Waals surface area contributed by atoms with Gasteiger partial charge in [-0.3, -0.25) is 19.7 Å². The molecule has 0 aliphatic carbocycles. The summed E-state index contributed by atoms with van der Waals surface area (Å²) in [4.78, 5) is 30.3. The minimum absolute atomic E-state index is 0.187. The first-order valence-corrected chi connectivity index (χ1v) is 7.65. The molecule has 24 heavy (non-hydrogen) atoms. The second-order valence-electron chi connectivity index (χ2n) is 5.79. The summed E-state index contributed by atoms with van der Waals surface area (Å²) >= 11 is 0. The summed E-state index contributed by atoms with van der Waals surface area (Å²) in [6.07, 6.45) is 3.36. The number of nitrogens with one attached hydrogen (secondary N) is 2. The Kier molecular flexibility index (Phi) is 4.30. The Labute approximate surface area is 139 Å². The first-order valence-electron chi connectivity index (χ1n) is 7.65. The number of carbonyl (C=O) groups is 2. The number of aromatic nitrogens is 3. The molecule has 0 bridgehead atoms. The zero-order valence-corrected chi connectivity index (χ0v) is 13.6. The van der Waals surface area contributed by atoms with E-state index >= 15 is 0 Å². The maximum atomic E-state index is 12.7. The molecule has 8 heteroatoms.